The molecule has 22 heavy (non-hydrogen) atoms. The third-order valence-electron chi connectivity index (χ3n) is 3.53. The first-order chi connectivity index (χ1) is 10.8. The van der Waals surface area contributed by atoms with Gasteiger partial charge in [0.2, 0.25) is 0 Å². The Morgan fingerprint density at radius 1 is 1.14 bits per heavy atom. The average molecular weight is 293 g/mol. The Morgan fingerprint density at radius 3 is 2.68 bits per heavy atom. The van der Waals surface area contributed by atoms with Crippen molar-refractivity contribution in [2.24, 2.45) is 0 Å². The van der Waals surface area contributed by atoms with Crippen LogP contribution in [0.1, 0.15) is 17.0 Å². The molecule has 5 nitrogen and oxygen atoms in total. The van der Waals surface area contributed by atoms with Crippen LogP contribution in [-0.4, -0.2) is 23.6 Å². The number of hydrogen-bond donors (Lipinski definition) is 0. The van der Waals surface area contributed by atoms with E-state index < -0.39 is 0 Å². The number of aromatic nitrogens is 2. The predicted octanol–water partition coefficient (Wildman–Crippen LogP) is 2.81. The number of hydrogen-bond acceptors (Lipinski definition) is 4. The van der Waals surface area contributed by atoms with Crippen molar-refractivity contribution in [2.75, 3.05) is 14.2 Å². The van der Waals surface area contributed by atoms with Crippen LogP contribution in [0.25, 0.3) is 5.65 Å². The zero-order valence-corrected chi connectivity index (χ0v) is 12.4. The molecule has 0 radical (unpaired) electrons. The highest BCUT2D eigenvalue weighted by molar-refractivity contribution is 5.49. The fraction of sp³-hybridized carbons (Fsp3) is 0.176. The number of ether oxygens (including phenoxy) is 2. The quantitative estimate of drug-likeness (QED) is 0.742. The van der Waals surface area contributed by atoms with Gasteiger partial charge in [-0.15, -0.1) is 0 Å². The minimum absolute atomic E-state index is 0.560. The van der Waals surface area contributed by atoms with Crippen molar-refractivity contribution in [3.8, 4) is 17.6 Å². The van der Waals surface area contributed by atoms with Gasteiger partial charge in [0, 0.05) is 12.6 Å². The maximum atomic E-state index is 9.41. The number of nitriles is 1. The van der Waals surface area contributed by atoms with Crippen LogP contribution in [0.5, 0.6) is 11.5 Å². The zero-order chi connectivity index (χ0) is 15.5. The first-order valence-corrected chi connectivity index (χ1v) is 6.83. The number of pyridine rings is 1. The average Bonchev–Trinajstić information content (AvgIpc) is 2.91. The van der Waals surface area contributed by atoms with Crippen molar-refractivity contribution < 1.29 is 9.47 Å². The highest BCUT2D eigenvalue weighted by Gasteiger charge is 2.13. The van der Waals surface area contributed by atoms with Crippen LogP contribution in [0.4, 0.5) is 0 Å². The Morgan fingerprint density at radius 2 is 1.95 bits per heavy atom. The Labute approximate surface area is 128 Å². The molecule has 0 bridgehead atoms. The lowest BCUT2D eigenvalue weighted by Crippen LogP contribution is -1.96. The van der Waals surface area contributed by atoms with E-state index in [0.717, 1.165) is 16.9 Å². The van der Waals surface area contributed by atoms with Gasteiger partial charge < -0.3 is 9.47 Å². The standard InChI is InChI=1S/C17H15N3O2/c1-21-15-7-6-12(10-16(15)22-2)9-13-14(11-18)20-8-4-3-5-17(20)19-13/h3-8,10H,9H2,1-2H3. The van der Waals surface area contributed by atoms with Crippen LogP contribution in [-0.2, 0) is 6.42 Å². The summed E-state index contributed by atoms with van der Waals surface area (Å²) in [6.45, 7) is 0. The first-order valence-electron chi connectivity index (χ1n) is 6.83. The lowest BCUT2D eigenvalue weighted by molar-refractivity contribution is 0.354. The summed E-state index contributed by atoms with van der Waals surface area (Å²) in [6, 6.07) is 13.6. The number of methoxy groups -OCH3 is 2. The van der Waals surface area contributed by atoms with Crippen LogP contribution >= 0.6 is 0 Å². The van der Waals surface area contributed by atoms with Gasteiger partial charge in [-0.2, -0.15) is 5.26 Å². The number of benzene rings is 1. The highest BCUT2D eigenvalue weighted by atomic mass is 16.5. The van der Waals surface area contributed by atoms with Crippen LogP contribution < -0.4 is 9.47 Å². The largest absolute Gasteiger partial charge is 0.493 e. The van der Waals surface area contributed by atoms with Gasteiger partial charge in [-0.05, 0) is 29.8 Å². The summed E-state index contributed by atoms with van der Waals surface area (Å²) < 4.78 is 12.4. The highest BCUT2D eigenvalue weighted by Crippen LogP contribution is 2.28. The topological polar surface area (TPSA) is 59.5 Å². The summed E-state index contributed by atoms with van der Waals surface area (Å²) >= 11 is 0. The van der Waals surface area contributed by atoms with E-state index in [1.54, 1.807) is 18.6 Å². The lowest BCUT2D eigenvalue weighted by atomic mass is 10.1. The van der Waals surface area contributed by atoms with Crippen molar-refractivity contribution in [1.82, 2.24) is 9.38 Å². The van der Waals surface area contributed by atoms with Gasteiger partial charge in [0.15, 0.2) is 11.5 Å². The molecule has 0 aliphatic rings. The van der Waals surface area contributed by atoms with Crippen molar-refractivity contribution in [1.29, 1.82) is 5.26 Å². The molecule has 0 unspecified atom stereocenters. The van der Waals surface area contributed by atoms with Crippen molar-refractivity contribution in [3.05, 3.63) is 59.5 Å². The predicted molar refractivity (Wildman–Crippen MR) is 82.3 cm³/mol. The first kappa shape index (κ1) is 14.0. The molecule has 2 aromatic heterocycles. The van der Waals surface area contributed by atoms with E-state index >= 15 is 0 Å². The van der Waals surface area contributed by atoms with Gasteiger partial charge in [-0.25, -0.2) is 4.98 Å². The molecule has 3 aromatic rings. The molecule has 0 N–H and O–H groups in total. The SMILES string of the molecule is COc1ccc(Cc2nc3ccccn3c2C#N)cc1OC. The number of rotatable bonds is 4. The smallest absolute Gasteiger partial charge is 0.160 e. The molecule has 3 rings (SSSR count). The molecule has 0 saturated heterocycles. The van der Waals surface area contributed by atoms with Crippen molar-refractivity contribution in [2.45, 2.75) is 6.42 Å². The molecule has 0 aliphatic heterocycles. The minimum atomic E-state index is 0.560. The zero-order valence-electron chi connectivity index (χ0n) is 12.4. The second-order valence-electron chi connectivity index (χ2n) is 4.81. The number of nitrogens with zero attached hydrogens (tertiary/aromatic N) is 3. The molecule has 0 spiro atoms. The van der Waals surface area contributed by atoms with Crippen LogP contribution in [0, 0.1) is 11.3 Å². The minimum Gasteiger partial charge on any atom is -0.493 e. The summed E-state index contributed by atoms with van der Waals surface area (Å²) in [5.41, 5.74) is 3.10. The van der Waals surface area contributed by atoms with E-state index in [2.05, 4.69) is 11.1 Å². The molecule has 0 atom stereocenters. The molecule has 2 heterocycles. The molecule has 5 heteroatoms. The van der Waals surface area contributed by atoms with E-state index in [1.165, 1.54) is 0 Å². The molecule has 110 valence electrons. The van der Waals surface area contributed by atoms with Crippen LogP contribution in [0.2, 0.25) is 0 Å². The second-order valence-corrected chi connectivity index (χ2v) is 4.81. The maximum absolute atomic E-state index is 9.41. The third kappa shape index (κ3) is 2.35. The summed E-state index contributed by atoms with van der Waals surface area (Å²) in [4.78, 5) is 4.55. The van der Waals surface area contributed by atoms with Gasteiger partial charge in [0.25, 0.3) is 0 Å². The molecule has 0 saturated carbocycles. The van der Waals surface area contributed by atoms with E-state index in [4.69, 9.17) is 9.47 Å². The Bertz CT molecular complexity index is 862. The fourth-order valence-corrected chi connectivity index (χ4v) is 2.47. The Kier molecular flexibility index (Phi) is 3.67. The van der Waals surface area contributed by atoms with Crippen LogP contribution in [0.3, 0.4) is 0 Å². The van der Waals surface area contributed by atoms with Gasteiger partial charge in [-0.3, -0.25) is 4.40 Å². The van der Waals surface area contributed by atoms with Crippen molar-refractivity contribution >= 4 is 5.65 Å². The van der Waals surface area contributed by atoms with Crippen molar-refractivity contribution in [3.63, 3.8) is 0 Å². The van der Waals surface area contributed by atoms with E-state index in [1.807, 2.05) is 42.6 Å². The molecule has 1 aromatic carbocycles. The third-order valence-corrected chi connectivity index (χ3v) is 3.53. The second kappa shape index (κ2) is 5.78. The van der Waals surface area contributed by atoms with Crippen LogP contribution in [0.15, 0.2) is 42.6 Å². The van der Waals surface area contributed by atoms with E-state index in [-0.39, 0.29) is 0 Å². The summed E-state index contributed by atoms with van der Waals surface area (Å²) in [5.74, 6) is 1.35. The Balaban J connectivity index is 2.02. The number of fused-ring (bicyclic) bond motifs is 1. The number of imidazole rings is 1. The fourth-order valence-electron chi connectivity index (χ4n) is 2.47. The normalized spacial score (nSPS) is 10.4. The molecule has 0 aliphatic carbocycles. The van der Waals surface area contributed by atoms with Gasteiger partial charge in [0.1, 0.15) is 17.4 Å². The summed E-state index contributed by atoms with van der Waals surface area (Å²) in [6.07, 6.45) is 2.41. The molecule has 0 fully saturated rings. The van der Waals surface area contributed by atoms with E-state index in [9.17, 15) is 5.26 Å². The molecule has 0 amide bonds. The monoisotopic (exact) mass is 293 g/mol. The molecular weight excluding hydrogens is 278 g/mol. The maximum Gasteiger partial charge on any atom is 0.160 e. The summed E-state index contributed by atoms with van der Waals surface area (Å²) in [7, 11) is 3.21. The van der Waals surface area contributed by atoms with Gasteiger partial charge >= 0.3 is 0 Å². The van der Waals surface area contributed by atoms with Gasteiger partial charge in [-0.1, -0.05) is 12.1 Å². The van der Waals surface area contributed by atoms with Gasteiger partial charge in [0.05, 0.1) is 19.9 Å². The van der Waals surface area contributed by atoms with E-state index in [0.29, 0.717) is 23.6 Å². The lowest BCUT2D eigenvalue weighted by Gasteiger charge is -2.09. The summed E-state index contributed by atoms with van der Waals surface area (Å²) in [5, 5.41) is 9.41. The Hall–Kier alpha value is -3.00. The molecular formula is C17H15N3O2.